The second-order valence-corrected chi connectivity index (χ2v) is 6.00. The predicted octanol–water partition coefficient (Wildman–Crippen LogP) is 4.02. The molecule has 0 aromatic heterocycles. The van der Waals surface area contributed by atoms with Crippen LogP contribution in [0.4, 0.5) is 0 Å². The molecule has 2 N–H and O–H groups in total. The zero-order valence-electron chi connectivity index (χ0n) is 14.4. The molecular weight excluding hydrogens is 473 g/mol. The Kier molecular flexibility index (Phi) is 13.9. The van der Waals surface area contributed by atoms with Gasteiger partial charge < -0.3 is 22.5 Å². The number of para-hydroxylation sites is 1. The van der Waals surface area contributed by atoms with Crippen molar-refractivity contribution in [3.8, 4) is 16.9 Å². The Morgan fingerprint density at radius 2 is 2.00 bits per heavy atom. The zero-order chi connectivity index (χ0) is 20.1. The fourth-order valence-corrected chi connectivity index (χ4v) is 2.30. The van der Waals surface area contributed by atoms with Gasteiger partial charge in [0, 0.05) is 17.0 Å². The number of ether oxygens (including phenoxy) is 1. The smallest absolute Gasteiger partial charge is 0.696 e. The molecule has 0 aliphatic heterocycles. The van der Waals surface area contributed by atoms with E-state index < -0.39 is 0 Å². The van der Waals surface area contributed by atoms with Crippen LogP contribution in [0.3, 0.4) is 0 Å². The first-order valence-electron chi connectivity index (χ1n) is 7.67. The molecule has 0 aliphatic carbocycles. The summed E-state index contributed by atoms with van der Waals surface area (Å²) < 4.78 is 5.49. The fourth-order valence-electron chi connectivity index (χ4n) is 1.83. The molecule has 10 heteroatoms. The van der Waals surface area contributed by atoms with Crippen LogP contribution in [0.2, 0.25) is 10.0 Å². The van der Waals surface area contributed by atoms with E-state index in [0.717, 1.165) is 0 Å². The Bertz CT molecular complexity index is 832. The first kappa shape index (κ1) is 26.0. The second-order valence-electron chi connectivity index (χ2n) is 4.97. The molecule has 1 amide bonds. The minimum atomic E-state index is -0.243. The zero-order valence-corrected chi connectivity index (χ0v) is 17.6. The number of phenols is 1. The molecule has 0 aliphatic rings. The van der Waals surface area contributed by atoms with Crippen molar-refractivity contribution in [1.29, 1.82) is 5.26 Å². The topological polar surface area (TPSA) is 94.7 Å². The normalized spacial score (nSPS) is 9.46. The van der Waals surface area contributed by atoms with Gasteiger partial charge in [0.2, 0.25) is 5.91 Å². The number of benzene rings is 2. The van der Waals surface area contributed by atoms with E-state index in [1.54, 1.807) is 42.5 Å². The van der Waals surface area contributed by atoms with Crippen LogP contribution in [0.15, 0.2) is 47.6 Å². The van der Waals surface area contributed by atoms with Crippen molar-refractivity contribution >= 4 is 48.0 Å². The summed E-state index contributed by atoms with van der Waals surface area (Å²) in [6.45, 7) is 0.345. The van der Waals surface area contributed by atoms with Gasteiger partial charge in [-0.3, -0.25) is 4.79 Å². The van der Waals surface area contributed by atoms with Crippen LogP contribution < -0.4 is 10.2 Å². The summed E-state index contributed by atoms with van der Waals surface area (Å²) in [5, 5.41) is 22.8. The summed E-state index contributed by atoms with van der Waals surface area (Å²) in [5.74, 6) is 0.385. The molecule has 0 heterocycles. The Morgan fingerprint density at radius 1 is 1.32 bits per heavy atom. The molecule has 2 aromatic carbocycles. The van der Waals surface area contributed by atoms with Crippen molar-refractivity contribution < 1.29 is 31.7 Å². The van der Waals surface area contributed by atoms with E-state index in [2.05, 4.69) is 23.2 Å². The van der Waals surface area contributed by atoms with E-state index in [0.29, 0.717) is 34.4 Å². The maximum Gasteiger partial charge on any atom is 1.00 e. The van der Waals surface area contributed by atoms with Crippen molar-refractivity contribution in [1.82, 2.24) is 5.43 Å². The van der Waals surface area contributed by atoms with E-state index in [1.165, 1.54) is 11.6 Å². The molecule has 0 saturated carbocycles. The van der Waals surface area contributed by atoms with Gasteiger partial charge in [0.15, 0.2) is 0 Å². The van der Waals surface area contributed by atoms with E-state index in [4.69, 9.17) is 33.2 Å². The van der Waals surface area contributed by atoms with Gasteiger partial charge in [-0.15, -0.1) is 0 Å². The number of amides is 1. The first-order valence-corrected chi connectivity index (χ1v) is 8.83. The number of carbonyl (C=O) groups excluding carboxylic acids is 1. The van der Waals surface area contributed by atoms with E-state index in [1.807, 2.05) is 0 Å². The Balaban J connectivity index is 0.00000171. The molecule has 152 valence electrons. The fraction of sp³-hybridized carbons (Fsp3) is 0.167. The predicted molar refractivity (Wildman–Crippen MR) is 108 cm³/mol. The van der Waals surface area contributed by atoms with Crippen molar-refractivity contribution in [2.24, 2.45) is 5.10 Å². The summed E-state index contributed by atoms with van der Waals surface area (Å²) in [7, 11) is 0. The van der Waals surface area contributed by atoms with E-state index in [-0.39, 0.29) is 35.1 Å². The maximum absolute atomic E-state index is 11.7. The van der Waals surface area contributed by atoms with Crippen molar-refractivity contribution in [2.75, 3.05) is 6.61 Å². The molecule has 0 fully saturated rings. The number of phenolic OH excluding ortho intramolecular Hbond substituents is 1. The number of nitriles is 1. The first-order chi connectivity index (χ1) is 13.0. The molecule has 0 spiro atoms. The quantitative estimate of drug-likeness (QED) is 0.153. The summed E-state index contributed by atoms with van der Waals surface area (Å²) in [4.78, 5) is 11.7. The number of rotatable bonds is 7. The van der Waals surface area contributed by atoms with Crippen molar-refractivity contribution in [3.63, 3.8) is 0 Å². The van der Waals surface area contributed by atoms with E-state index in [9.17, 15) is 9.90 Å². The van der Waals surface area contributed by atoms with Crippen LogP contribution in [-0.4, -0.2) is 23.8 Å². The van der Waals surface area contributed by atoms with Gasteiger partial charge >= 0.3 is 17.1 Å². The molecule has 0 saturated heterocycles. The summed E-state index contributed by atoms with van der Waals surface area (Å²) in [6.07, 6.45) is 2.15. The number of hydrogen-bond acceptors (Lipinski definition) is 6. The number of nitrogens with one attached hydrogen (secondary N) is 1. The molecule has 2 aromatic rings. The van der Waals surface area contributed by atoms with Gasteiger partial charge in [-0.25, -0.2) is 10.7 Å². The number of aromatic hydroxyl groups is 1. The number of carbonyl (C=O) groups is 1. The summed E-state index contributed by atoms with van der Waals surface area (Å²) in [5.41, 5.74) is 2.92. The van der Waals surface area contributed by atoms with Gasteiger partial charge in [-0.1, -0.05) is 40.7 Å². The third-order valence-corrected chi connectivity index (χ3v) is 3.56. The third-order valence-electron chi connectivity index (χ3n) is 3.03. The largest absolute Gasteiger partial charge is 1.00 e. The molecule has 0 bridgehead atoms. The number of halogens is 2. The van der Waals surface area contributed by atoms with Crippen LogP contribution >= 0.6 is 23.2 Å². The Labute approximate surface area is 189 Å². The maximum atomic E-state index is 11.7. The standard InChI is InChI=1S/C17H16Cl2N2O3.CHNS.Cu/c18-13-7-8-16(14(19)10-13)24-9-3-6-17(23)21-20-11-12-4-1-2-5-15(12)22;2-1-3;/h1-2,4-5,7-8,10-11,22H,3,6,9H2,(H,21,23);3H;/q;;+1/p-1/b20-11+;;. The Hall–Kier alpha value is -2.01. The second kappa shape index (κ2) is 15.0. The van der Waals surface area contributed by atoms with Gasteiger partial charge in [0.1, 0.15) is 11.5 Å². The van der Waals surface area contributed by atoms with Gasteiger partial charge in [0.25, 0.3) is 0 Å². The summed E-state index contributed by atoms with van der Waals surface area (Å²) >= 11 is 15.5. The van der Waals surface area contributed by atoms with Crippen LogP contribution in [0.5, 0.6) is 11.5 Å². The average Bonchev–Trinajstić information content (AvgIpc) is 2.62. The van der Waals surface area contributed by atoms with Gasteiger partial charge in [-0.05, 0) is 36.8 Å². The third kappa shape index (κ3) is 10.4. The monoisotopic (exact) mass is 487 g/mol. The summed E-state index contributed by atoms with van der Waals surface area (Å²) in [6, 6.07) is 11.7. The molecular formula is C18H16Cl2CuN3O3S. The number of thiocyanates is 1. The number of hydrogen-bond donors (Lipinski definition) is 2. The molecule has 6 nitrogen and oxygen atoms in total. The van der Waals surface area contributed by atoms with Gasteiger partial charge in [-0.2, -0.15) is 5.10 Å². The van der Waals surface area contributed by atoms with Gasteiger partial charge in [0.05, 0.1) is 17.8 Å². The Morgan fingerprint density at radius 3 is 2.64 bits per heavy atom. The number of hydrazone groups is 1. The molecule has 0 unspecified atom stereocenters. The SMILES string of the molecule is N#C[S-].O=C(CCCOc1ccc(Cl)cc1Cl)N/N=C/c1ccccc1O.[Cu+]. The molecule has 2 rings (SSSR count). The minimum Gasteiger partial charge on any atom is -0.696 e. The van der Waals surface area contributed by atoms with Crippen LogP contribution in [0, 0.1) is 10.7 Å². The minimum absolute atomic E-state index is 0. The molecule has 0 atom stereocenters. The number of nitrogens with zero attached hydrogens (tertiary/aromatic N) is 2. The average molecular weight is 489 g/mol. The van der Waals surface area contributed by atoms with E-state index >= 15 is 0 Å². The van der Waals surface area contributed by atoms with Crippen molar-refractivity contribution in [2.45, 2.75) is 12.8 Å². The van der Waals surface area contributed by atoms with Crippen LogP contribution in [0.25, 0.3) is 0 Å². The molecule has 0 radical (unpaired) electrons. The van der Waals surface area contributed by atoms with Crippen LogP contribution in [0.1, 0.15) is 18.4 Å². The van der Waals surface area contributed by atoms with Crippen molar-refractivity contribution in [3.05, 3.63) is 58.1 Å². The van der Waals surface area contributed by atoms with Crippen LogP contribution in [-0.2, 0) is 34.5 Å². The molecule has 28 heavy (non-hydrogen) atoms.